The Morgan fingerprint density at radius 1 is 1.31 bits per heavy atom. The Kier molecular flexibility index (Phi) is 6.53. The minimum absolute atomic E-state index is 0.276. The molecule has 0 aliphatic rings. The van der Waals surface area contributed by atoms with Crippen LogP contribution in [-0.4, -0.2) is 12.6 Å². The lowest BCUT2D eigenvalue weighted by Gasteiger charge is -2.11. The van der Waals surface area contributed by atoms with Gasteiger partial charge in [0, 0.05) is 17.5 Å². The first-order valence-electron chi connectivity index (χ1n) is 5.94. The van der Waals surface area contributed by atoms with E-state index in [0.717, 1.165) is 13.0 Å². The van der Waals surface area contributed by atoms with Gasteiger partial charge >= 0.3 is 0 Å². The van der Waals surface area contributed by atoms with Crippen LogP contribution in [-0.2, 0) is 0 Å². The molecule has 0 spiro atoms. The van der Waals surface area contributed by atoms with Gasteiger partial charge in [-0.1, -0.05) is 37.5 Å². The number of hydrogen-bond acceptors (Lipinski definition) is 3. The van der Waals surface area contributed by atoms with E-state index in [4.69, 9.17) is 5.73 Å². The molecule has 1 aromatic carbocycles. The molecule has 0 radical (unpaired) electrons. The topological polar surface area (TPSA) is 38.0 Å². The van der Waals surface area contributed by atoms with Gasteiger partial charge in [-0.2, -0.15) is 0 Å². The van der Waals surface area contributed by atoms with Gasteiger partial charge in [-0.25, -0.2) is 0 Å². The van der Waals surface area contributed by atoms with Gasteiger partial charge in [0.25, 0.3) is 0 Å². The Balaban J connectivity index is 2.17. The third kappa shape index (κ3) is 5.54. The van der Waals surface area contributed by atoms with Gasteiger partial charge < -0.3 is 5.73 Å². The van der Waals surface area contributed by atoms with Crippen molar-refractivity contribution in [3.63, 3.8) is 0 Å². The van der Waals surface area contributed by atoms with Gasteiger partial charge in [0.05, 0.1) is 0 Å². The quantitative estimate of drug-likeness (QED) is 0.717. The number of aryl methyl sites for hydroxylation is 1. The lowest BCUT2D eigenvalue weighted by Crippen LogP contribution is -2.30. The van der Waals surface area contributed by atoms with E-state index in [1.807, 2.05) is 0 Å². The van der Waals surface area contributed by atoms with Crippen molar-refractivity contribution in [1.29, 1.82) is 0 Å². The summed E-state index contributed by atoms with van der Waals surface area (Å²) in [5, 5.41) is 0. The summed E-state index contributed by atoms with van der Waals surface area (Å²) in [5.74, 6) is 0. The summed E-state index contributed by atoms with van der Waals surface area (Å²) in [6.07, 6.45) is 3.55. The number of benzene rings is 1. The van der Waals surface area contributed by atoms with Crippen molar-refractivity contribution in [3.8, 4) is 0 Å². The molecule has 3 N–H and O–H groups in total. The number of hydrogen-bond donors (Lipinski definition) is 2. The van der Waals surface area contributed by atoms with Gasteiger partial charge in [-0.05, 0) is 37.4 Å². The average molecular weight is 238 g/mol. The summed E-state index contributed by atoms with van der Waals surface area (Å²) in [6.45, 7) is 5.17. The van der Waals surface area contributed by atoms with E-state index in [-0.39, 0.29) is 6.04 Å². The molecule has 1 atom stereocenters. The van der Waals surface area contributed by atoms with Gasteiger partial charge in [0.1, 0.15) is 0 Å². The molecule has 0 amide bonds. The molecule has 1 rings (SSSR count). The zero-order valence-electron chi connectivity index (χ0n) is 10.2. The molecule has 2 nitrogen and oxygen atoms in total. The van der Waals surface area contributed by atoms with Crippen molar-refractivity contribution in [3.05, 3.63) is 29.8 Å². The standard InChI is InChI=1S/C13H22N2S/c1-3-4-5-12(14)10-15-16-13-8-6-11(2)7-9-13/h6-9,12,15H,3-5,10,14H2,1-2H3/t12-/m0/s1. The van der Waals surface area contributed by atoms with Crippen molar-refractivity contribution in [2.45, 2.75) is 44.0 Å². The first-order chi connectivity index (χ1) is 7.72. The molecule has 0 heterocycles. The van der Waals surface area contributed by atoms with Crippen LogP contribution in [0.1, 0.15) is 31.7 Å². The summed E-state index contributed by atoms with van der Waals surface area (Å²) >= 11 is 1.66. The van der Waals surface area contributed by atoms with E-state index in [2.05, 4.69) is 42.8 Å². The van der Waals surface area contributed by atoms with E-state index in [1.165, 1.54) is 23.3 Å². The SMILES string of the molecule is CCCC[C@H](N)CNSc1ccc(C)cc1. The first kappa shape index (κ1) is 13.6. The molecular weight excluding hydrogens is 216 g/mol. The zero-order chi connectivity index (χ0) is 11.8. The van der Waals surface area contributed by atoms with E-state index in [9.17, 15) is 0 Å². The molecule has 0 saturated carbocycles. The van der Waals surface area contributed by atoms with E-state index in [0.29, 0.717) is 0 Å². The van der Waals surface area contributed by atoms with Gasteiger partial charge in [0.15, 0.2) is 0 Å². The Morgan fingerprint density at radius 2 is 2.00 bits per heavy atom. The highest BCUT2D eigenvalue weighted by Crippen LogP contribution is 2.14. The Labute approximate surface area is 103 Å². The fraction of sp³-hybridized carbons (Fsp3) is 0.538. The molecule has 0 aromatic heterocycles. The van der Waals surface area contributed by atoms with Gasteiger partial charge in [-0.15, -0.1) is 0 Å². The molecule has 0 saturated heterocycles. The molecule has 3 heteroatoms. The molecule has 1 aromatic rings. The van der Waals surface area contributed by atoms with E-state index < -0.39 is 0 Å². The van der Waals surface area contributed by atoms with Crippen LogP contribution in [0.25, 0.3) is 0 Å². The Bertz CT molecular complexity index is 284. The van der Waals surface area contributed by atoms with Crippen LogP contribution in [0.5, 0.6) is 0 Å². The monoisotopic (exact) mass is 238 g/mol. The zero-order valence-corrected chi connectivity index (χ0v) is 11.0. The number of unbranched alkanes of at least 4 members (excludes halogenated alkanes) is 1. The second-order valence-corrected chi connectivity index (χ2v) is 5.13. The maximum Gasteiger partial charge on any atom is 0.0228 e. The summed E-state index contributed by atoms with van der Waals surface area (Å²) < 4.78 is 3.32. The van der Waals surface area contributed by atoms with Crippen molar-refractivity contribution in [2.24, 2.45) is 5.73 Å². The third-order valence-electron chi connectivity index (χ3n) is 2.48. The number of rotatable bonds is 7. The molecule has 0 bridgehead atoms. The highest BCUT2D eigenvalue weighted by molar-refractivity contribution is 7.97. The second kappa shape index (κ2) is 7.71. The maximum atomic E-state index is 5.97. The largest absolute Gasteiger partial charge is 0.327 e. The lowest BCUT2D eigenvalue weighted by atomic mass is 10.1. The smallest absolute Gasteiger partial charge is 0.0228 e. The normalized spacial score (nSPS) is 12.7. The minimum atomic E-state index is 0.276. The van der Waals surface area contributed by atoms with Crippen LogP contribution in [0.15, 0.2) is 29.2 Å². The van der Waals surface area contributed by atoms with Crippen molar-refractivity contribution in [1.82, 2.24) is 4.72 Å². The van der Waals surface area contributed by atoms with E-state index in [1.54, 1.807) is 11.9 Å². The Hall–Kier alpha value is -0.510. The van der Waals surface area contributed by atoms with Gasteiger partial charge in [-0.3, -0.25) is 4.72 Å². The Morgan fingerprint density at radius 3 is 2.62 bits per heavy atom. The number of nitrogens with one attached hydrogen (secondary N) is 1. The molecular formula is C13H22N2S. The molecule has 0 fully saturated rings. The van der Waals surface area contributed by atoms with Crippen LogP contribution >= 0.6 is 11.9 Å². The first-order valence-corrected chi connectivity index (χ1v) is 6.76. The fourth-order valence-corrected chi connectivity index (χ4v) is 2.14. The van der Waals surface area contributed by atoms with Crippen molar-refractivity contribution >= 4 is 11.9 Å². The number of nitrogens with two attached hydrogens (primary N) is 1. The molecule has 0 aliphatic heterocycles. The van der Waals surface area contributed by atoms with Crippen LogP contribution in [0.2, 0.25) is 0 Å². The summed E-state index contributed by atoms with van der Waals surface area (Å²) in [6, 6.07) is 8.79. The minimum Gasteiger partial charge on any atom is -0.327 e. The highest BCUT2D eigenvalue weighted by atomic mass is 32.2. The predicted octanol–water partition coefficient (Wildman–Crippen LogP) is 3.11. The predicted molar refractivity (Wildman–Crippen MR) is 72.5 cm³/mol. The maximum absolute atomic E-state index is 5.97. The molecule has 0 unspecified atom stereocenters. The van der Waals surface area contributed by atoms with E-state index >= 15 is 0 Å². The molecule has 16 heavy (non-hydrogen) atoms. The lowest BCUT2D eigenvalue weighted by molar-refractivity contribution is 0.572. The highest BCUT2D eigenvalue weighted by Gasteiger charge is 2.01. The summed E-state index contributed by atoms with van der Waals surface area (Å²) in [7, 11) is 0. The van der Waals surface area contributed by atoms with Crippen LogP contribution in [0, 0.1) is 6.92 Å². The third-order valence-corrected chi connectivity index (χ3v) is 3.30. The fourth-order valence-electron chi connectivity index (χ4n) is 1.41. The molecule has 0 aliphatic carbocycles. The average Bonchev–Trinajstić information content (AvgIpc) is 2.29. The summed E-state index contributed by atoms with van der Waals surface area (Å²) in [4.78, 5) is 1.24. The summed E-state index contributed by atoms with van der Waals surface area (Å²) in [5.41, 5.74) is 7.27. The second-order valence-electron chi connectivity index (χ2n) is 4.17. The van der Waals surface area contributed by atoms with Crippen molar-refractivity contribution in [2.75, 3.05) is 6.54 Å². The van der Waals surface area contributed by atoms with Crippen molar-refractivity contribution < 1.29 is 0 Å². The van der Waals surface area contributed by atoms with Crippen LogP contribution < -0.4 is 10.5 Å². The van der Waals surface area contributed by atoms with Crippen LogP contribution in [0.4, 0.5) is 0 Å². The van der Waals surface area contributed by atoms with Gasteiger partial charge in [0.2, 0.25) is 0 Å². The van der Waals surface area contributed by atoms with Crippen LogP contribution in [0.3, 0.4) is 0 Å². The molecule has 90 valence electrons.